The summed E-state index contributed by atoms with van der Waals surface area (Å²) >= 11 is 0. The first-order valence-corrected chi connectivity index (χ1v) is 9.08. The van der Waals surface area contributed by atoms with Gasteiger partial charge < -0.3 is 19.3 Å². The van der Waals surface area contributed by atoms with Crippen LogP contribution in [0.2, 0.25) is 0 Å². The van der Waals surface area contributed by atoms with Crippen molar-refractivity contribution < 1.29 is 19.2 Å². The molecule has 8 heteroatoms. The average Bonchev–Trinajstić information content (AvgIpc) is 3.34. The van der Waals surface area contributed by atoms with E-state index in [2.05, 4.69) is 22.2 Å². The Hall–Kier alpha value is -3.13. The highest BCUT2D eigenvalue weighted by atomic mass is 16.7. The van der Waals surface area contributed by atoms with Gasteiger partial charge in [0.1, 0.15) is 12.1 Å². The Morgan fingerprint density at radius 2 is 2.04 bits per heavy atom. The largest absolute Gasteiger partial charge is 0.454 e. The summed E-state index contributed by atoms with van der Waals surface area (Å²) < 4.78 is 12.5. The normalized spacial score (nSPS) is 16.8. The molecule has 2 aromatic heterocycles. The molecule has 0 radical (unpaired) electrons. The Labute approximate surface area is 155 Å². The molecule has 1 N–H and O–H groups in total. The number of benzene rings is 1. The topological polar surface area (TPSA) is 73.4 Å². The van der Waals surface area contributed by atoms with Crippen LogP contribution in [0.3, 0.4) is 0 Å². The monoisotopic (exact) mass is 366 g/mol. The minimum absolute atomic E-state index is 0.00540. The Bertz CT molecular complexity index is 994. The second-order valence-corrected chi connectivity index (χ2v) is 6.85. The van der Waals surface area contributed by atoms with E-state index >= 15 is 0 Å². The maximum absolute atomic E-state index is 12.9. The van der Waals surface area contributed by atoms with Crippen LogP contribution in [-0.4, -0.2) is 58.4 Å². The predicted molar refractivity (Wildman–Crippen MR) is 95.9 cm³/mol. The van der Waals surface area contributed by atoms with E-state index in [1.54, 1.807) is 29.2 Å². The summed E-state index contributed by atoms with van der Waals surface area (Å²) in [4.78, 5) is 20.5. The summed E-state index contributed by atoms with van der Waals surface area (Å²) in [5.41, 5.74) is 2.40. The fourth-order valence-electron chi connectivity index (χ4n) is 3.69. The molecule has 1 aromatic carbocycles. The molecule has 138 valence electrons. The number of piperazine rings is 1. The third-order valence-electron chi connectivity index (χ3n) is 5.16. The number of hydrogen-bond acceptors (Lipinski definition) is 5. The molecule has 8 nitrogen and oxygen atoms in total. The summed E-state index contributed by atoms with van der Waals surface area (Å²) in [6.45, 7) is 4.48. The molecule has 2 aliphatic rings. The number of carbonyl (C=O) groups is 1. The summed E-state index contributed by atoms with van der Waals surface area (Å²) in [6.07, 6.45) is 5.09. The van der Waals surface area contributed by atoms with Crippen LogP contribution < -0.4 is 14.4 Å². The van der Waals surface area contributed by atoms with Crippen molar-refractivity contribution in [2.45, 2.75) is 6.54 Å². The fraction of sp³-hybridized carbons (Fsp3) is 0.316. The number of rotatable bonds is 3. The quantitative estimate of drug-likeness (QED) is 0.706. The standard InChI is InChI=1S/C19H19N5O3/c25-19(15-11-21-24-5-1-4-20-18(15)24)23-8-6-22(7-9-23)12-14-2-3-16-17(10-14)27-13-26-16/h1-5,10-11H,6-9,12-13H2/p+1. The third kappa shape index (κ3) is 2.97. The first-order chi connectivity index (χ1) is 13.3. The Kier molecular flexibility index (Phi) is 3.90. The van der Waals surface area contributed by atoms with E-state index in [9.17, 15) is 4.79 Å². The number of quaternary nitrogens is 1. The first-order valence-electron chi connectivity index (χ1n) is 9.08. The highest BCUT2D eigenvalue weighted by molar-refractivity contribution is 5.99. The molecule has 27 heavy (non-hydrogen) atoms. The van der Waals surface area contributed by atoms with Crippen molar-refractivity contribution >= 4 is 11.6 Å². The molecule has 0 bridgehead atoms. The van der Waals surface area contributed by atoms with Gasteiger partial charge >= 0.3 is 0 Å². The minimum atomic E-state index is 0.00540. The zero-order chi connectivity index (χ0) is 18.2. The van der Waals surface area contributed by atoms with Crippen molar-refractivity contribution in [3.63, 3.8) is 0 Å². The molecule has 1 amide bonds. The minimum Gasteiger partial charge on any atom is -0.454 e. The SMILES string of the molecule is O=C(c1cnn2cccnc12)N1CC[NH+](Cc2ccc3c(c2)OCO3)CC1. The third-order valence-corrected chi connectivity index (χ3v) is 5.16. The van der Waals surface area contributed by atoms with Gasteiger partial charge in [0.25, 0.3) is 5.91 Å². The van der Waals surface area contributed by atoms with E-state index in [0.29, 0.717) is 18.0 Å². The number of ether oxygens (including phenoxy) is 2. The molecule has 0 atom stereocenters. The molecule has 4 heterocycles. The molecule has 0 unspecified atom stereocenters. The molecule has 1 saturated heterocycles. The lowest BCUT2D eigenvalue weighted by molar-refractivity contribution is -0.917. The van der Waals surface area contributed by atoms with Crippen molar-refractivity contribution in [1.82, 2.24) is 19.5 Å². The van der Waals surface area contributed by atoms with E-state index in [4.69, 9.17) is 9.47 Å². The smallest absolute Gasteiger partial charge is 0.259 e. The summed E-state index contributed by atoms with van der Waals surface area (Å²) in [7, 11) is 0. The van der Waals surface area contributed by atoms with Gasteiger partial charge in [-0.15, -0.1) is 0 Å². The van der Waals surface area contributed by atoms with Crippen LogP contribution in [0.25, 0.3) is 5.65 Å². The van der Waals surface area contributed by atoms with Crippen LogP contribution in [-0.2, 0) is 6.54 Å². The molecular weight excluding hydrogens is 346 g/mol. The molecule has 3 aromatic rings. The number of hydrogen-bond donors (Lipinski definition) is 1. The van der Waals surface area contributed by atoms with E-state index < -0.39 is 0 Å². The molecule has 5 rings (SSSR count). The maximum Gasteiger partial charge on any atom is 0.259 e. The van der Waals surface area contributed by atoms with Gasteiger partial charge in [-0.2, -0.15) is 5.10 Å². The zero-order valence-electron chi connectivity index (χ0n) is 14.8. The first kappa shape index (κ1) is 16.1. The van der Waals surface area contributed by atoms with E-state index in [1.807, 2.05) is 11.0 Å². The number of nitrogens with zero attached hydrogens (tertiary/aromatic N) is 4. The molecule has 0 aliphatic carbocycles. The summed E-state index contributed by atoms with van der Waals surface area (Å²) in [6, 6.07) is 7.90. The van der Waals surface area contributed by atoms with Crippen LogP contribution in [0.1, 0.15) is 15.9 Å². The number of nitrogens with one attached hydrogen (secondary N) is 1. The maximum atomic E-state index is 12.9. The second kappa shape index (κ2) is 6.55. The highest BCUT2D eigenvalue weighted by Gasteiger charge is 2.27. The lowest BCUT2D eigenvalue weighted by Crippen LogP contribution is -3.13. The van der Waals surface area contributed by atoms with Crippen molar-refractivity contribution in [3.05, 3.63) is 54.0 Å². The van der Waals surface area contributed by atoms with Gasteiger partial charge in [0.2, 0.25) is 6.79 Å². The van der Waals surface area contributed by atoms with Crippen LogP contribution >= 0.6 is 0 Å². The summed E-state index contributed by atoms with van der Waals surface area (Å²) in [5, 5.41) is 4.21. The number of amides is 1. The van der Waals surface area contributed by atoms with Gasteiger partial charge in [0.15, 0.2) is 17.1 Å². The highest BCUT2D eigenvalue weighted by Crippen LogP contribution is 2.32. The molecule has 1 fully saturated rings. The van der Waals surface area contributed by atoms with Gasteiger partial charge in [-0.05, 0) is 24.3 Å². The number of aromatic nitrogens is 3. The molecule has 2 aliphatic heterocycles. The van der Waals surface area contributed by atoms with Crippen LogP contribution in [0, 0.1) is 0 Å². The van der Waals surface area contributed by atoms with Crippen LogP contribution in [0.4, 0.5) is 0 Å². The van der Waals surface area contributed by atoms with Crippen molar-refractivity contribution in [1.29, 1.82) is 0 Å². The Balaban J connectivity index is 1.23. The van der Waals surface area contributed by atoms with Crippen LogP contribution in [0.5, 0.6) is 11.5 Å². The molecule has 0 saturated carbocycles. The summed E-state index contributed by atoms with van der Waals surface area (Å²) in [5.74, 6) is 1.64. The molecule has 0 spiro atoms. The second-order valence-electron chi connectivity index (χ2n) is 6.85. The lowest BCUT2D eigenvalue weighted by Gasteiger charge is -2.32. The molecular formula is C19H20N5O3+. The van der Waals surface area contributed by atoms with Gasteiger partial charge in [-0.1, -0.05) is 0 Å². The average molecular weight is 366 g/mol. The van der Waals surface area contributed by atoms with Crippen molar-refractivity contribution in [2.75, 3.05) is 33.0 Å². The predicted octanol–water partition coefficient (Wildman–Crippen LogP) is -0.00110. The van der Waals surface area contributed by atoms with Gasteiger partial charge in [-0.3, -0.25) is 4.79 Å². The van der Waals surface area contributed by atoms with E-state index in [0.717, 1.165) is 44.2 Å². The van der Waals surface area contributed by atoms with Gasteiger partial charge in [-0.25, -0.2) is 9.50 Å². The Morgan fingerprint density at radius 1 is 1.19 bits per heavy atom. The fourth-order valence-corrected chi connectivity index (χ4v) is 3.69. The van der Waals surface area contributed by atoms with Gasteiger partial charge in [0, 0.05) is 18.0 Å². The number of fused-ring (bicyclic) bond motifs is 2. The van der Waals surface area contributed by atoms with Crippen molar-refractivity contribution in [2.24, 2.45) is 0 Å². The number of carbonyl (C=O) groups excluding carboxylic acids is 1. The van der Waals surface area contributed by atoms with E-state index in [-0.39, 0.29) is 5.91 Å². The lowest BCUT2D eigenvalue weighted by atomic mass is 10.1. The zero-order valence-corrected chi connectivity index (χ0v) is 14.8. The van der Waals surface area contributed by atoms with E-state index in [1.165, 1.54) is 10.5 Å². The van der Waals surface area contributed by atoms with Crippen molar-refractivity contribution in [3.8, 4) is 11.5 Å². The Morgan fingerprint density at radius 3 is 2.93 bits per heavy atom. The van der Waals surface area contributed by atoms with Crippen LogP contribution in [0.15, 0.2) is 42.9 Å². The van der Waals surface area contributed by atoms with Gasteiger partial charge in [0.05, 0.1) is 32.4 Å².